The average molecular weight is 298 g/mol. The van der Waals surface area contributed by atoms with Crippen LogP contribution in [0.4, 0.5) is 0 Å². The fourth-order valence-electron chi connectivity index (χ4n) is 1.89. The number of thioether (sulfide) groups is 1. The second-order valence-corrected chi connectivity index (χ2v) is 5.54. The first kappa shape index (κ1) is 15.4. The molecule has 0 amide bonds. The summed E-state index contributed by atoms with van der Waals surface area (Å²) in [6.45, 7) is 4.15. The third-order valence-corrected chi connectivity index (χ3v) is 4.16. The van der Waals surface area contributed by atoms with E-state index in [2.05, 4.69) is 0 Å². The summed E-state index contributed by atoms with van der Waals surface area (Å²) >= 11 is 1.44. The fourth-order valence-corrected chi connectivity index (χ4v) is 2.84. The van der Waals surface area contributed by atoms with Crippen LogP contribution in [0, 0.1) is 0 Å². The molecule has 0 saturated heterocycles. The molecule has 0 aromatic heterocycles. The first-order valence-corrected chi connectivity index (χ1v) is 7.70. The van der Waals surface area contributed by atoms with Crippen LogP contribution in [0.2, 0.25) is 0 Å². The number of hydrogen-bond acceptors (Lipinski definition) is 3. The van der Waals surface area contributed by atoms with Crippen LogP contribution in [0.3, 0.4) is 0 Å². The minimum atomic E-state index is -0.271. The van der Waals surface area contributed by atoms with Crippen LogP contribution < -0.4 is 0 Å². The summed E-state index contributed by atoms with van der Waals surface area (Å²) in [5.74, 6) is -0.271. The molecule has 0 unspecified atom stereocenters. The molecule has 0 aliphatic rings. The largest absolute Gasteiger partial charge is 0.462 e. The van der Waals surface area contributed by atoms with Gasteiger partial charge in [0.25, 0.3) is 0 Å². The molecule has 3 heteroatoms. The van der Waals surface area contributed by atoms with Gasteiger partial charge < -0.3 is 4.74 Å². The molecule has 2 nitrogen and oxygen atoms in total. The summed E-state index contributed by atoms with van der Waals surface area (Å²) in [6, 6.07) is 19.8. The van der Waals surface area contributed by atoms with Crippen molar-refractivity contribution in [1.29, 1.82) is 0 Å². The summed E-state index contributed by atoms with van der Waals surface area (Å²) in [5.41, 5.74) is 1.96. The molecule has 21 heavy (non-hydrogen) atoms. The molecule has 2 aromatic carbocycles. The van der Waals surface area contributed by atoms with E-state index in [0.717, 1.165) is 16.0 Å². The first-order chi connectivity index (χ1) is 10.2. The maximum Gasteiger partial charge on any atom is 0.345 e. The van der Waals surface area contributed by atoms with Gasteiger partial charge in [-0.2, -0.15) is 0 Å². The fraction of sp³-hybridized carbons (Fsp3) is 0.167. The molecule has 2 rings (SSSR count). The van der Waals surface area contributed by atoms with Crippen LogP contribution in [-0.4, -0.2) is 12.6 Å². The van der Waals surface area contributed by atoms with E-state index in [4.69, 9.17) is 4.74 Å². The van der Waals surface area contributed by atoms with Gasteiger partial charge >= 0.3 is 5.97 Å². The minimum absolute atomic E-state index is 0.271. The van der Waals surface area contributed by atoms with Crippen molar-refractivity contribution in [1.82, 2.24) is 0 Å². The number of rotatable bonds is 5. The van der Waals surface area contributed by atoms with E-state index in [1.54, 1.807) is 0 Å². The highest BCUT2D eigenvalue weighted by Crippen LogP contribution is 2.33. The third kappa shape index (κ3) is 4.23. The van der Waals surface area contributed by atoms with Gasteiger partial charge in [-0.25, -0.2) is 4.79 Å². The van der Waals surface area contributed by atoms with Crippen LogP contribution in [0.1, 0.15) is 19.4 Å². The Bertz CT molecular complexity index is 618. The second-order valence-electron chi connectivity index (χ2n) is 4.46. The van der Waals surface area contributed by atoms with Gasteiger partial charge in [0.05, 0.1) is 6.61 Å². The van der Waals surface area contributed by atoms with Gasteiger partial charge in [-0.1, -0.05) is 60.3 Å². The summed E-state index contributed by atoms with van der Waals surface area (Å²) in [4.78, 5) is 13.9. The van der Waals surface area contributed by atoms with E-state index in [1.165, 1.54) is 11.8 Å². The molecule has 0 heterocycles. The van der Waals surface area contributed by atoms with Gasteiger partial charge in [-0.3, -0.25) is 0 Å². The number of allylic oxidation sites excluding steroid dienone is 1. The lowest BCUT2D eigenvalue weighted by Gasteiger charge is -2.11. The lowest BCUT2D eigenvalue weighted by Crippen LogP contribution is -2.07. The Morgan fingerprint density at radius 3 is 2.14 bits per heavy atom. The zero-order valence-corrected chi connectivity index (χ0v) is 13.0. The van der Waals surface area contributed by atoms with Crippen molar-refractivity contribution in [3.05, 3.63) is 71.1 Å². The quantitative estimate of drug-likeness (QED) is 0.452. The zero-order chi connectivity index (χ0) is 15.1. The topological polar surface area (TPSA) is 26.3 Å². The lowest BCUT2D eigenvalue weighted by atomic mass is 10.1. The highest BCUT2D eigenvalue weighted by atomic mass is 32.2. The predicted octanol–water partition coefficient (Wildman–Crippen LogP) is 4.77. The molecule has 108 valence electrons. The number of carbonyl (C=O) groups is 1. The normalized spacial score (nSPS) is 11.7. The van der Waals surface area contributed by atoms with Gasteiger partial charge in [0.1, 0.15) is 4.91 Å². The van der Waals surface area contributed by atoms with Crippen molar-refractivity contribution in [3.63, 3.8) is 0 Å². The summed E-state index contributed by atoms with van der Waals surface area (Å²) in [6.07, 6.45) is 0. The highest BCUT2D eigenvalue weighted by Gasteiger charge is 2.16. The molecule has 0 atom stereocenters. The van der Waals surface area contributed by atoms with Gasteiger partial charge in [0.15, 0.2) is 0 Å². The van der Waals surface area contributed by atoms with Crippen LogP contribution in [0.15, 0.2) is 70.5 Å². The van der Waals surface area contributed by atoms with E-state index >= 15 is 0 Å². The maximum atomic E-state index is 12.3. The van der Waals surface area contributed by atoms with Gasteiger partial charge in [-0.05, 0) is 37.1 Å². The van der Waals surface area contributed by atoms with Crippen LogP contribution in [0.5, 0.6) is 0 Å². The van der Waals surface area contributed by atoms with Crippen molar-refractivity contribution in [2.24, 2.45) is 0 Å². The SMILES string of the molecule is CCOC(=O)/C(Sc1ccccc1)=C(/C)c1ccccc1. The minimum Gasteiger partial charge on any atom is -0.462 e. The number of carbonyl (C=O) groups excluding carboxylic acids is 1. The molecule has 0 spiro atoms. The van der Waals surface area contributed by atoms with Crippen molar-refractivity contribution >= 4 is 23.3 Å². The number of ether oxygens (including phenoxy) is 1. The van der Waals surface area contributed by atoms with E-state index in [9.17, 15) is 4.79 Å². The highest BCUT2D eigenvalue weighted by molar-refractivity contribution is 8.04. The Balaban J connectivity index is 2.38. The summed E-state index contributed by atoms with van der Waals surface area (Å²) in [5, 5.41) is 0. The Kier molecular flexibility index (Phi) is 5.64. The smallest absolute Gasteiger partial charge is 0.345 e. The second kappa shape index (κ2) is 7.70. The maximum absolute atomic E-state index is 12.3. The van der Waals surface area contributed by atoms with Crippen molar-refractivity contribution in [3.8, 4) is 0 Å². The van der Waals surface area contributed by atoms with Crippen LogP contribution >= 0.6 is 11.8 Å². The molecule has 0 N–H and O–H groups in total. The lowest BCUT2D eigenvalue weighted by molar-refractivity contribution is -0.137. The van der Waals surface area contributed by atoms with Crippen molar-refractivity contribution in [2.45, 2.75) is 18.7 Å². The predicted molar refractivity (Wildman–Crippen MR) is 88.0 cm³/mol. The number of esters is 1. The number of hydrogen-bond donors (Lipinski definition) is 0. The first-order valence-electron chi connectivity index (χ1n) is 6.88. The molecule has 0 bridgehead atoms. The zero-order valence-electron chi connectivity index (χ0n) is 12.2. The Hall–Kier alpha value is -2.00. The van der Waals surface area contributed by atoms with Gasteiger partial charge in [0.2, 0.25) is 0 Å². The Morgan fingerprint density at radius 2 is 1.57 bits per heavy atom. The molecular weight excluding hydrogens is 280 g/mol. The number of benzene rings is 2. The van der Waals surface area contributed by atoms with E-state index in [1.807, 2.05) is 74.5 Å². The Labute approximate surface area is 129 Å². The third-order valence-electron chi connectivity index (χ3n) is 2.97. The average Bonchev–Trinajstić information content (AvgIpc) is 2.54. The molecule has 0 saturated carbocycles. The summed E-state index contributed by atoms with van der Waals surface area (Å²) in [7, 11) is 0. The standard InChI is InChI=1S/C18H18O2S/c1-3-20-18(19)17(21-16-12-8-5-9-13-16)14(2)15-10-6-4-7-11-15/h4-13H,3H2,1-2H3/b17-14+. The van der Waals surface area contributed by atoms with Gasteiger partial charge in [-0.15, -0.1) is 0 Å². The Morgan fingerprint density at radius 1 is 1.00 bits per heavy atom. The van der Waals surface area contributed by atoms with Gasteiger partial charge in [0, 0.05) is 4.90 Å². The van der Waals surface area contributed by atoms with E-state index in [0.29, 0.717) is 11.5 Å². The molecule has 0 aliphatic heterocycles. The monoisotopic (exact) mass is 298 g/mol. The molecule has 0 aliphatic carbocycles. The van der Waals surface area contributed by atoms with E-state index < -0.39 is 0 Å². The van der Waals surface area contributed by atoms with Crippen LogP contribution in [-0.2, 0) is 9.53 Å². The molecule has 0 fully saturated rings. The summed E-state index contributed by atoms with van der Waals surface area (Å²) < 4.78 is 5.20. The molecule has 2 aromatic rings. The molecular formula is C18H18O2S. The van der Waals surface area contributed by atoms with Crippen molar-refractivity contribution in [2.75, 3.05) is 6.61 Å². The molecule has 0 radical (unpaired) electrons. The van der Waals surface area contributed by atoms with E-state index in [-0.39, 0.29) is 5.97 Å². The van der Waals surface area contributed by atoms with Crippen molar-refractivity contribution < 1.29 is 9.53 Å². The van der Waals surface area contributed by atoms with Crippen LogP contribution in [0.25, 0.3) is 5.57 Å².